The van der Waals surface area contributed by atoms with Crippen LogP contribution in [0.25, 0.3) is 0 Å². The second-order valence-corrected chi connectivity index (χ2v) is 4.70. The second kappa shape index (κ2) is 5.93. The third-order valence-electron chi connectivity index (χ3n) is 3.13. The first-order chi connectivity index (χ1) is 9.10. The Labute approximate surface area is 112 Å². The van der Waals surface area contributed by atoms with Gasteiger partial charge in [0, 0.05) is 25.7 Å². The maximum atomic E-state index is 13.4. The molecule has 1 heterocycles. The third kappa shape index (κ3) is 3.38. The standard InChI is InChI=1S/C14H19FN4/c1-4-16-14(8-12-9-19(3)18-17-12)13-7-11(15)6-5-10(13)2/h5-7,9,14,16H,4,8H2,1-3H3. The monoisotopic (exact) mass is 262 g/mol. The summed E-state index contributed by atoms with van der Waals surface area (Å²) < 4.78 is 15.1. The smallest absolute Gasteiger partial charge is 0.123 e. The molecule has 0 aliphatic heterocycles. The van der Waals surface area contributed by atoms with Crippen molar-refractivity contribution < 1.29 is 4.39 Å². The minimum atomic E-state index is -0.206. The Morgan fingerprint density at radius 1 is 1.42 bits per heavy atom. The van der Waals surface area contributed by atoms with E-state index in [9.17, 15) is 4.39 Å². The molecule has 1 unspecified atom stereocenters. The lowest BCUT2D eigenvalue weighted by atomic mass is 9.97. The molecule has 2 rings (SSSR count). The average molecular weight is 262 g/mol. The Bertz CT molecular complexity index is 550. The van der Waals surface area contributed by atoms with Crippen LogP contribution < -0.4 is 5.32 Å². The molecular weight excluding hydrogens is 243 g/mol. The number of aryl methyl sites for hydroxylation is 2. The van der Waals surface area contributed by atoms with Gasteiger partial charge in [-0.1, -0.05) is 18.2 Å². The molecule has 5 heteroatoms. The van der Waals surface area contributed by atoms with Crippen molar-refractivity contribution in [3.63, 3.8) is 0 Å². The van der Waals surface area contributed by atoms with E-state index >= 15 is 0 Å². The zero-order valence-electron chi connectivity index (χ0n) is 11.5. The maximum Gasteiger partial charge on any atom is 0.123 e. The quantitative estimate of drug-likeness (QED) is 0.898. The molecule has 1 aromatic carbocycles. The van der Waals surface area contributed by atoms with Crippen molar-refractivity contribution >= 4 is 0 Å². The van der Waals surface area contributed by atoms with Gasteiger partial charge in [-0.25, -0.2) is 4.39 Å². The summed E-state index contributed by atoms with van der Waals surface area (Å²) in [4.78, 5) is 0. The van der Waals surface area contributed by atoms with Crippen molar-refractivity contribution in [2.24, 2.45) is 7.05 Å². The summed E-state index contributed by atoms with van der Waals surface area (Å²) >= 11 is 0. The third-order valence-corrected chi connectivity index (χ3v) is 3.13. The molecule has 0 saturated heterocycles. The molecule has 0 bridgehead atoms. The summed E-state index contributed by atoms with van der Waals surface area (Å²) in [6.45, 7) is 4.86. The highest BCUT2D eigenvalue weighted by Gasteiger charge is 2.16. The first-order valence-electron chi connectivity index (χ1n) is 6.44. The fraction of sp³-hybridized carbons (Fsp3) is 0.429. The molecule has 0 aliphatic carbocycles. The van der Waals surface area contributed by atoms with Crippen molar-refractivity contribution in [2.45, 2.75) is 26.3 Å². The summed E-state index contributed by atoms with van der Waals surface area (Å²) in [5.74, 6) is -0.206. The lowest BCUT2D eigenvalue weighted by Gasteiger charge is -2.19. The number of benzene rings is 1. The molecule has 0 fully saturated rings. The van der Waals surface area contributed by atoms with E-state index in [0.717, 1.165) is 23.4 Å². The Hall–Kier alpha value is -1.75. The van der Waals surface area contributed by atoms with E-state index < -0.39 is 0 Å². The molecule has 0 radical (unpaired) electrons. The molecular formula is C14H19FN4. The molecule has 0 saturated carbocycles. The van der Waals surface area contributed by atoms with Gasteiger partial charge in [-0.2, -0.15) is 0 Å². The van der Waals surface area contributed by atoms with Crippen LogP contribution in [0.3, 0.4) is 0 Å². The van der Waals surface area contributed by atoms with Crippen LogP contribution in [0.1, 0.15) is 29.8 Å². The molecule has 19 heavy (non-hydrogen) atoms. The number of rotatable bonds is 5. The number of aromatic nitrogens is 3. The van der Waals surface area contributed by atoms with Crippen molar-refractivity contribution in [1.29, 1.82) is 0 Å². The zero-order valence-corrected chi connectivity index (χ0v) is 11.5. The zero-order chi connectivity index (χ0) is 13.8. The largest absolute Gasteiger partial charge is 0.310 e. The van der Waals surface area contributed by atoms with Gasteiger partial charge in [0.1, 0.15) is 5.82 Å². The normalized spacial score (nSPS) is 12.6. The predicted molar refractivity (Wildman–Crippen MR) is 72.3 cm³/mol. The van der Waals surface area contributed by atoms with Crippen LogP contribution >= 0.6 is 0 Å². The first kappa shape index (κ1) is 13.7. The lowest BCUT2D eigenvalue weighted by molar-refractivity contribution is 0.534. The molecule has 2 aromatic rings. The Morgan fingerprint density at radius 3 is 2.84 bits per heavy atom. The lowest BCUT2D eigenvalue weighted by Crippen LogP contribution is -2.24. The fourth-order valence-electron chi connectivity index (χ4n) is 2.22. The second-order valence-electron chi connectivity index (χ2n) is 4.70. The summed E-state index contributed by atoms with van der Waals surface area (Å²) in [5.41, 5.74) is 2.96. The van der Waals surface area contributed by atoms with Crippen LogP contribution in [-0.4, -0.2) is 21.5 Å². The Morgan fingerprint density at radius 2 is 2.21 bits per heavy atom. The molecule has 1 aromatic heterocycles. The molecule has 0 spiro atoms. The van der Waals surface area contributed by atoms with Crippen LogP contribution in [0.5, 0.6) is 0 Å². The first-order valence-corrected chi connectivity index (χ1v) is 6.44. The molecule has 0 amide bonds. The number of halogens is 1. The number of hydrogen-bond donors (Lipinski definition) is 1. The number of likely N-dealkylation sites (N-methyl/N-ethyl adjacent to an activating group) is 1. The van der Waals surface area contributed by atoms with Gasteiger partial charge < -0.3 is 5.32 Å². The van der Waals surface area contributed by atoms with E-state index in [1.54, 1.807) is 10.7 Å². The number of nitrogens with one attached hydrogen (secondary N) is 1. The molecule has 1 N–H and O–H groups in total. The van der Waals surface area contributed by atoms with Crippen LogP contribution in [0.15, 0.2) is 24.4 Å². The van der Waals surface area contributed by atoms with Crippen molar-refractivity contribution in [2.75, 3.05) is 6.54 Å². The highest BCUT2D eigenvalue weighted by atomic mass is 19.1. The van der Waals surface area contributed by atoms with E-state index in [-0.39, 0.29) is 11.9 Å². The Balaban J connectivity index is 2.26. The van der Waals surface area contributed by atoms with Crippen LogP contribution in [0.2, 0.25) is 0 Å². The highest BCUT2D eigenvalue weighted by Crippen LogP contribution is 2.22. The van der Waals surface area contributed by atoms with Gasteiger partial charge in [-0.05, 0) is 36.7 Å². The van der Waals surface area contributed by atoms with Gasteiger partial charge in [0.25, 0.3) is 0 Å². The molecule has 4 nitrogen and oxygen atoms in total. The summed E-state index contributed by atoms with van der Waals surface area (Å²) in [5, 5.41) is 11.4. The van der Waals surface area contributed by atoms with Crippen molar-refractivity contribution in [1.82, 2.24) is 20.3 Å². The minimum absolute atomic E-state index is 0.0531. The SMILES string of the molecule is CCNC(Cc1cn(C)nn1)c1cc(F)ccc1C. The minimum Gasteiger partial charge on any atom is -0.310 e. The number of nitrogens with zero attached hydrogens (tertiary/aromatic N) is 3. The van der Waals surface area contributed by atoms with E-state index in [0.29, 0.717) is 6.42 Å². The van der Waals surface area contributed by atoms with Gasteiger partial charge in [0.2, 0.25) is 0 Å². The summed E-state index contributed by atoms with van der Waals surface area (Å²) in [6.07, 6.45) is 2.59. The van der Waals surface area contributed by atoms with Crippen molar-refractivity contribution in [3.8, 4) is 0 Å². The van der Waals surface area contributed by atoms with E-state index in [1.807, 2.05) is 33.2 Å². The van der Waals surface area contributed by atoms with Crippen LogP contribution in [-0.2, 0) is 13.5 Å². The summed E-state index contributed by atoms with van der Waals surface area (Å²) in [7, 11) is 1.84. The Kier molecular flexibility index (Phi) is 4.27. The van der Waals surface area contributed by atoms with E-state index in [4.69, 9.17) is 0 Å². The van der Waals surface area contributed by atoms with Crippen molar-refractivity contribution in [3.05, 3.63) is 47.0 Å². The van der Waals surface area contributed by atoms with Crippen LogP contribution in [0.4, 0.5) is 4.39 Å². The molecule has 1 atom stereocenters. The van der Waals surface area contributed by atoms with E-state index in [1.165, 1.54) is 6.07 Å². The average Bonchev–Trinajstić information content (AvgIpc) is 2.77. The number of hydrogen-bond acceptors (Lipinski definition) is 3. The highest BCUT2D eigenvalue weighted by molar-refractivity contribution is 5.30. The van der Waals surface area contributed by atoms with Gasteiger partial charge in [-0.3, -0.25) is 4.68 Å². The topological polar surface area (TPSA) is 42.7 Å². The van der Waals surface area contributed by atoms with E-state index in [2.05, 4.69) is 15.6 Å². The van der Waals surface area contributed by atoms with Gasteiger partial charge in [0.05, 0.1) is 5.69 Å². The van der Waals surface area contributed by atoms with Gasteiger partial charge in [-0.15, -0.1) is 5.10 Å². The van der Waals surface area contributed by atoms with Crippen LogP contribution in [0, 0.1) is 12.7 Å². The summed E-state index contributed by atoms with van der Waals surface area (Å²) in [6, 6.07) is 4.95. The molecule has 0 aliphatic rings. The predicted octanol–water partition coefficient (Wildman–Crippen LogP) is 2.16. The molecule has 102 valence electrons. The van der Waals surface area contributed by atoms with Gasteiger partial charge in [0.15, 0.2) is 0 Å². The van der Waals surface area contributed by atoms with Gasteiger partial charge >= 0.3 is 0 Å². The fourth-order valence-corrected chi connectivity index (χ4v) is 2.22. The maximum absolute atomic E-state index is 13.4.